The minimum Gasteiger partial charge on any atom is -0.444 e. The van der Waals surface area contributed by atoms with E-state index in [9.17, 15) is 9.90 Å². The van der Waals surface area contributed by atoms with E-state index in [1.54, 1.807) is 0 Å². The van der Waals surface area contributed by atoms with Crippen molar-refractivity contribution in [2.24, 2.45) is 0 Å². The molecule has 17 heavy (non-hydrogen) atoms. The van der Waals surface area contributed by atoms with Crippen molar-refractivity contribution in [1.82, 2.24) is 4.90 Å². The van der Waals surface area contributed by atoms with Crippen molar-refractivity contribution in [3.05, 3.63) is 0 Å². The summed E-state index contributed by atoms with van der Waals surface area (Å²) in [7, 11) is 0. The summed E-state index contributed by atoms with van der Waals surface area (Å²) < 4.78 is 5.45. The minimum absolute atomic E-state index is 0.173. The number of amides is 1. The van der Waals surface area contributed by atoms with E-state index in [2.05, 4.69) is 0 Å². The summed E-state index contributed by atoms with van der Waals surface area (Å²) in [5.74, 6) is 0. The Morgan fingerprint density at radius 2 is 1.76 bits per heavy atom. The number of fused-ring (bicyclic) bond motifs is 2. The van der Waals surface area contributed by atoms with Crippen LogP contribution >= 0.6 is 0 Å². The van der Waals surface area contributed by atoms with Gasteiger partial charge in [-0.15, -0.1) is 0 Å². The van der Waals surface area contributed by atoms with Gasteiger partial charge < -0.3 is 14.7 Å². The van der Waals surface area contributed by atoms with Gasteiger partial charge >= 0.3 is 6.09 Å². The van der Waals surface area contributed by atoms with E-state index >= 15 is 0 Å². The largest absolute Gasteiger partial charge is 0.444 e. The third-order valence-corrected chi connectivity index (χ3v) is 3.55. The highest BCUT2D eigenvalue weighted by Crippen LogP contribution is 2.35. The quantitative estimate of drug-likeness (QED) is 0.708. The highest BCUT2D eigenvalue weighted by molar-refractivity contribution is 5.69. The van der Waals surface area contributed by atoms with Gasteiger partial charge in [0.15, 0.2) is 0 Å². The van der Waals surface area contributed by atoms with Gasteiger partial charge in [0, 0.05) is 12.1 Å². The lowest BCUT2D eigenvalue weighted by Crippen LogP contribution is -2.56. The van der Waals surface area contributed by atoms with Gasteiger partial charge in [-0.25, -0.2) is 4.79 Å². The Labute approximate surface area is 103 Å². The first-order valence-corrected chi connectivity index (χ1v) is 6.56. The van der Waals surface area contributed by atoms with Gasteiger partial charge in [0.2, 0.25) is 0 Å². The van der Waals surface area contributed by atoms with E-state index in [1.165, 1.54) is 0 Å². The van der Waals surface area contributed by atoms with Crippen LogP contribution in [0.1, 0.15) is 52.9 Å². The first-order chi connectivity index (χ1) is 7.87. The Bertz CT molecular complexity index is 284. The normalized spacial score (nSPS) is 33.4. The molecule has 0 aromatic rings. The Morgan fingerprint density at radius 1 is 1.24 bits per heavy atom. The zero-order valence-corrected chi connectivity index (χ0v) is 11.0. The molecule has 0 aromatic carbocycles. The third kappa shape index (κ3) is 2.92. The molecule has 0 saturated carbocycles. The maximum atomic E-state index is 12.2. The molecule has 2 bridgehead atoms. The van der Waals surface area contributed by atoms with Gasteiger partial charge in [0.1, 0.15) is 5.60 Å². The number of hydrogen-bond acceptors (Lipinski definition) is 3. The lowest BCUT2D eigenvalue weighted by Gasteiger charge is -2.47. The molecular weight excluding hydrogens is 218 g/mol. The number of carbonyl (C=O) groups is 1. The third-order valence-electron chi connectivity index (χ3n) is 3.55. The number of carbonyl (C=O) groups excluding carboxylic acids is 1. The SMILES string of the molecule is CC(C)(C)OC(=O)N1[C@@H]2CCC[C@H]1CC(O)C2. The second-order valence-electron chi connectivity index (χ2n) is 6.25. The molecule has 4 heteroatoms. The summed E-state index contributed by atoms with van der Waals surface area (Å²) in [6.07, 6.45) is 4.09. The molecule has 1 unspecified atom stereocenters. The Hall–Kier alpha value is -0.770. The molecule has 0 spiro atoms. The Morgan fingerprint density at radius 3 is 2.24 bits per heavy atom. The smallest absolute Gasteiger partial charge is 0.410 e. The topological polar surface area (TPSA) is 49.8 Å². The molecule has 4 nitrogen and oxygen atoms in total. The number of aliphatic hydroxyl groups is 1. The minimum atomic E-state index is -0.443. The van der Waals surface area contributed by atoms with Crippen LogP contribution in [0.15, 0.2) is 0 Å². The van der Waals surface area contributed by atoms with Crippen LogP contribution < -0.4 is 0 Å². The molecule has 0 aromatic heterocycles. The Kier molecular flexibility index (Phi) is 3.34. The standard InChI is InChI=1S/C13H23NO3/c1-13(2,3)17-12(16)14-9-5-4-6-10(14)8-11(15)7-9/h9-11,15H,4-8H2,1-3H3/t9-,10+,11?. The molecule has 2 aliphatic heterocycles. The van der Waals surface area contributed by atoms with Gasteiger partial charge in [0.25, 0.3) is 0 Å². The van der Waals surface area contributed by atoms with Crippen LogP contribution in [0.4, 0.5) is 4.79 Å². The molecule has 3 atom stereocenters. The van der Waals surface area contributed by atoms with Crippen molar-refractivity contribution < 1.29 is 14.6 Å². The fourth-order valence-electron chi connectivity index (χ4n) is 2.97. The van der Waals surface area contributed by atoms with E-state index < -0.39 is 5.60 Å². The molecule has 0 aliphatic carbocycles. The van der Waals surface area contributed by atoms with Crippen LogP contribution in [0.3, 0.4) is 0 Å². The van der Waals surface area contributed by atoms with Crippen LogP contribution in [0, 0.1) is 0 Å². The number of hydrogen-bond donors (Lipinski definition) is 1. The van der Waals surface area contributed by atoms with Crippen molar-refractivity contribution in [2.75, 3.05) is 0 Å². The van der Waals surface area contributed by atoms with E-state index in [0.29, 0.717) is 12.8 Å². The van der Waals surface area contributed by atoms with Gasteiger partial charge in [-0.2, -0.15) is 0 Å². The van der Waals surface area contributed by atoms with Crippen LogP contribution in [-0.4, -0.2) is 39.9 Å². The number of aliphatic hydroxyl groups excluding tert-OH is 1. The number of rotatable bonds is 0. The summed E-state index contributed by atoms with van der Waals surface area (Å²) >= 11 is 0. The Balaban J connectivity index is 2.07. The average Bonchev–Trinajstić information content (AvgIpc) is 2.12. The fourth-order valence-corrected chi connectivity index (χ4v) is 2.97. The van der Waals surface area contributed by atoms with Crippen LogP contribution in [0.2, 0.25) is 0 Å². The van der Waals surface area contributed by atoms with Crippen molar-refractivity contribution >= 4 is 6.09 Å². The summed E-state index contributed by atoms with van der Waals surface area (Å²) in [6, 6.07) is 0.347. The van der Waals surface area contributed by atoms with Crippen molar-refractivity contribution in [3.8, 4) is 0 Å². The summed E-state index contributed by atoms with van der Waals surface area (Å²) in [4.78, 5) is 14.0. The zero-order valence-electron chi connectivity index (χ0n) is 11.0. The van der Waals surface area contributed by atoms with Crippen molar-refractivity contribution in [2.45, 2.75) is 76.7 Å². The van der Waals surface area contributed by atoms with E-state index in [0.717, 1.165) is 19.3 Å². The first kappa shape index (κ1) is 12.7. The summed E-state index contributed by atoms with van der Waals surface area (Å²) in [5, 5.41) is 9.77. The highest BCUT2D eigenvalue weighted by atomic mass is 16.6. The van der Waals surface area contributed by atoms with E-state index in [1.807, 2.05) is 25.7 Å². The van der Waals surface area contributed by atoms with E-state index in [-0.39, 0.29) is 24.3 Å². The summed E-state index contributed by atoms with van der Waals surface area (Å²) in [6.45, 7) is 5.67. The molecule has 2 rings (SSSR count). The molecule has 98 valence electrons. The predicted octanol–water partition coefficient (Wildman–Crippen LogP) is 2.30. The maximum Gasteiger partial charge on any atom is 0.410 e. The number of nitrogens with zero attached hydrogens (tertiary/aromatic N) is 1. The predicted molar refractivity (Wildman–Crippen MR) is 64.7 cm³/mol. The van der Waals surface area contributed by atoms with Gasteiger partial charge in [-0.3, -0.25) is 0 Å². The molecule has 2 heterocycles. The monoisotopic (exact) mass is 241 g/mol. The second-order valence-corrected chi connectivity index (χ2v) is 6.25. The van der Waals surface area contributed by atoms with E-state index in [4.69, 9.17) is 4.74 Å². The van der Waals surface area contributed by atoms with Crippen LogP contribution in [0.25, 0.3) is 0 Å². The van der Waals surface area contributed by atoms with Crippen LogP contribution in [0.5, 0.6) is 0 Å². The van der Waals surface area contributed by atoms with Gasteiger partial charge in [-0.05, 0) is 52.9 Å². The number of piperidine rings is 2. The van der Waals surface area contributed by atoms with Gasteiger partial charge in [0.05, 0.1) is 6.10 Å². The second kappa shape index (κ2) is 4.48. The van der Waals surface area contributed by atoms with Crippen molar-refractivity contribution in [1.29, 1.82) is 0 Å². The van der Waals surface area contributed by atoms with Crippen molar-refractivity contribution in [3.63, 3.8) is 0 Å². The van der Waals surface area contributed by atoms with Gasteiger partial charge in [-0.1, -0.05) is 0 Å². The molecule has 2 saturated heterocycles. The zero-order chi connectivity index (χ0) is 12.6. The molecule has 1 amide bonds. The highest BCUT2D eigenvalue weighted by Gasteiger charge is 2.41. The average molecular weight is 241 g/mol. The molecular formula is C13H23NO3. The summed E-state index contributed by atoms with van der Waals surface area (Å²) in [5.41, 5.74) is -0.443. The first-order valence-electron chi connectivity index (χ1n) is 6.56. The molecule has 0 radical (unpaired) electrons. The lowest BCUT2D eigenvalue weighted by molar-refractivity contribution is -0.0455. The molecule has 2 aliphatic rings. The molecule has 2 fully saturated rings. The number of ether oxygens (including phenoxy) is 1. The fraction of sp³-hybridized carbons (Fsp3) is 0.923. The van der Waals surface area contributed by atoms with Crippen LogP contribution in [-0.2, 0) is 4.74 Å². The molecule has 1 N–H and O–H groups in total. The lowest BCUT2D eigenvalue weighted by atomic mass is 9.83. The maximum absolute atomic E-state index is 12.2.